The molecule has 0 bridgehead atoms. The number of nitrogens with zero attached hydrogens (tertiary/aromatic N) is 3. The molecule has 0 atom stereocenters. The molecule has 0 amide bonds. The number of benzene rings is 1. The van der Waals surface area contributed by atoms with Crippen molar-refractivity contribution in [1.29, 1.82) is 0 Å². The monoisotopic (exact) mass is 476 g/mol. The zero-order valence-electron chi connectivity index (χ0n) is 14.0. The van der Waals surface area contributed by atoms with Crippen molar-refractivity contribution in [3.05, 3.63) is 50.5 Å². The van der Waals surface area contributed by atoms with Crippen LogP contribution in [-0.4, -0.2) is 36.0 Å². The van der Waals surface area contributed by atoms with Crippen LogP contribution in [0, 0.1) is 17.0 Å². The second kappa shape index (κ2) is 10.8. The lowest BCUT2D eigenvalue weighted by Gasteiger charge is -2.12. The maximum Gasteiger partial charge on any atom is 0.292 e. The predicted molar refractivity (Wildman–Crippen MR) is 112 cm³/mol. The van der Waals surface area contributed by atoms with E-state index in [-0.39, 0.29) is 29.7 Å². The number of guanidine groups is 1. The van der Waals surface area contributed by atoms with E-state index in [9.17, 15) is 10.1 Å². The molecule has 0 radical (unpaired) electrons. The summed E-state index contributed by atoms with van der Waals surface area (Å²) in [6, 6.07) is 6.58. The van der Waals surface area contributed by atoms with Crippen molar-refractivity contribution < 1.29 is 4.92 Å². The molecule has 0 aliphatic rings. The van der Waals surface area contributed by atoms with Crippen LogP contribution >= 0.6 is 35.3 Å². The Labute approximate surface area is 167 Å². The molecule has 0 spiro atoms. The molecule has 0 saturated heterocycles. The lowest BCUT2D eigenvalue weighted by atomic mass is 10.2. The van der Waals surface area contributed by atoms with Crippen LogP contribution in [-0.2, 0) is 6.54 Å². The number of nitro groups is 1. The van der Waals surface area contributed by atoms with Crippen molar-refractivity contribution >= 4 is 52.6 Å². The summed E-state index contributed by atoms with van der Waals surface area (Å²) in [6.45, 7) is 3.73. The Hall–Kier alpha value is -1.95. The minimum Gasteiger partial charge on any atom is -0.378 e. The highest BCUT2D eigenvalue weighted by Gasteiger charge is 2.11. The van der Waals surface area contributed by atoms with Gasteiger partial charge < -0.3 is 16.0 Å². The largest absolute Gasteiger partial charge is 0.378 e. The summed E-state index contributed by atoms with van der Waals surface area (Å²) in [4.78, 5) is 20.1. The summed E-state index contributed by atoms with van der Waals surface area (Å²) in [5, 5.41) is 21.3. The molecule has 0 aliphatic heterocycles. The summed E-state index contributed by atoms with van der Waals surface area (Å²) in [5.41, 5.74) is 0.574. The van der Waals surface area contributed by atoms with Crippen molar-refractivity contribution in [2.45, 2.75) is 13.5 Å². The molecule has 2 aromatic rings. The molecule has 8 nitrogen and oxygen atoms in total. The van der Waals surface area contributed by atoms with E-state index in [1.54, 1.807) is 36.6 Å². The van der Waals surface area contributed by atoms with Gasteiger partial charge in [-0.3, -0.25) is 15.1 Å². The number of hydrogen-bond acceptors (Lipinski definition) is 6. The number of aryl methyl sites for hydroxylation is 1. The molecule has 25 heavy (non-hydrogen) atoms. The van der Waals surface area contributed by atoms with Crippen LogP contribution < -0.4 is 16.0 Å². The lowest BCUT2D eigenvalue weighted by Crippen LogP contribution is -2.39. The zero-order valence-corrected chi connectivity index (χ0v) is 17.1. The van der Waals surface area contributed by atoms with Crippen molar-refractivity contribution in [3.63, 3.8) is 0 Å². The molecule has 3 N–H and O–H groups in total. The summed E-state index contributed by atoms with van der Waals surface area (Å²) >= 11 is 1.64. The van der Waals surface area contributed by atoms with Crippen LogP contribution in [0.15, 0.2) is 35.5 Å². The highest BCUT2D eigenvalue weighted by atomic mass is 127. The van der Waals surface area contributed by atoms with Crippen LogP contribution in [0.5, 0.6) is 0 Å². The Morgan fingerprint density at radius 2 is 2.08 bits per heavy atom. The van der Waals surface area contributed by atoms with Crippen molar-refractivity contribution in [1.82, 2.24) is 15.6 Å². The maximum atomic E-state index is 10.9. The number of nitrogens with one attached hydrogen (secondary N) is 3. The lowest BCUT2D eigenvalue weighted by molar-refractivity contribution is -0.384. The Morgan fingerprint density at radius 3 is 2.72 bits per heavy atom. The van der Waals surface area contributed by atoms with E-state index in [1.165, 1.54) is 10.9 Å². The van der Waals surface area contributed by atoms with Gasteiger partial charge in [-0.05, 0) is 13.0 Å². The standard InChI is InChI=1S/C15H20N6O2S.HI/c1-11-9-19-14(24-11)10-20-15(16-2)18-8-7-17-12-5-3-4-6-13(12)21(22)23;/h3-6,9,17H,7-8,10H2,1-2H3,(H2,16,18,20);1H. The first-order valence-electron chi connectivity index (χ1n) is 7.43. The van der Waals surface area contributed by atoms with E-state index < -0.39 is 4.92 Å². The average Bonchev–Trinajstić information content (AvgIpc) is 3.00. The molecule has 0 aliphatic carbocycles. The van der Waals surface area contributed by atoms with E-state index in [1.807, 2.05) is 13.1 Å². The van der Waals surface area contributed by atoms with Gasteiger partial charge in [-0.15, -0.1) is 35.3 Å². The van der Waals surface area contributed by atoms with Crippen molar-refractivity contribution in [2.75, 3.05) is 25.5 Å². The fraction of sp³-hybridized carbons (Fsp3) is 0.333. The Bertz CT molecular complexity index is 722. The van der Waals surface area contributed by atoms with Gasteiger partial charge in [0.2, 0.25) is 0 Å². The smallest absolute Gasteiger partial charge is 0.292 e. The Kier molecular flexibility index (Phi) is 9.13. The SMILES string of the molecule is CN=C(NCCNc1ccccc1[N+](=O)[O-])NCc1ncc(C)s1.I. The third-order valence-corrected chi connectivity index (χ3v) is 4.05. The van der Waals surface area contributed by atoms with E-state index in [0.29, 0.717) is 31.3 Å². The second-order valence-corrected chi connectivity index (χ2v) is 6.24. The minimum absolute atomic E-state index is 0. The number of nitro benzene ring substituents is 1. The van der Waals surface area contributed by atoms with Crippen LogP contribution in [0.25, 0.3) is 0 Å². The van der Waals surface area contributed by atoms with Crippen LogP contribution in [0.2, 0.25) is 0 Å². The fourth-order valence-corrected chi connectivity index (χ4v) is 2.75. The number of aromatic nitrogens is 1. The molecular formula is C15H21IN6O2S. The first kappa shape index (κ1) is 21.1. The molecule has 1 aromatic heterocycles. The number of anilines is 1. The molecule has 0 saturated carbocycles. The van der Waals surface area contributed by atoms with Crippen molar-refractivity contribution in [3.8, 4) is 0 Å². The number of rotatable bonds is 7. The third kappa shape index (κ3) is 6.82. The molecule has 1 aromatic carbocycles. The number of thiazole rings is 1. The second-order valence-electron chi connectivity index (χ2n) is 4.92. The highest BCUT2D eigenvalue weighted by molar-refractivity contribution is 14.0. The molecule has 0 fully saturated rings. The maximum absolute atomic E-state index is 10.9. The molecule has 1 heterocycles. The van der Waals surface area contributed by atoms with Gasteiger partial charge in [-0.2, -0.15) is 0 Å². The topological polar surface area (TPSA) is 104 Å². The normalized spacial score (nSPS) is 10.7. The fourth-order valence-electron chi connectivity index (χ4n) is 2.02. The van der Waals surface area contributed by atoms with Gasteiger partial charge in [0.25, 0.3) is 5.69 Å². The van der Waals surface area contributed by atoms with Crippen LogP contribution in [0.4, 0.5) is 11.4 Å². The average molecular weight is 476 g/mol. The molecule has 136 valence electrons. The first-order valence-corrected chi connectivity index (χ1v) is 8.25. The van der Waals surface area contributed by atoms with Crippen LogP contribution in [0.3, 0.4) is 0 Å². The Morgan fingerprint density at radius 1 is 1.32 bits per heavy atom. The summed E-state index contributed by atoms with van der Waals surface area (Å²) < 4.78 is 0. The third-order valence-electron chi connectivity index (χ3n) is 3.13. The number of hydrogen-bond donors (Lipinski definition) is 3. The summed E-state index contributed by atoms with van der Waals surface area (Å²) in [7, 11) is 1.69. The summed E-state index contributed by atoms with van der Waals surface area (Å²) in [5.74, 6) is 0.659. The minimum atomic E-state index is -0.397. The Balaban J connectivity index is 0.00000312. The quantitative estimate of drug-likeness (QED) is 0.142. The van der Waals surface area contributed by atoms with Gasteiger partial charge in [0.15, 0.2) is 5.96 Å². The molecular weight excluding hydrogens is 455 g/mol. The van der Waals surface area contributed by atoms with E-state index in [4.69, 9.17) is 0 Å². The van der Waals surface area contributed by atoms with E-state index in [0.717, 1.165) is 5.01 Å². The van der Waals surface area contributed by atoms with Gasteiger partial charge in [0.05, 0.1) is 11.5 Å². The highest BCUT2D eigenvalue weighted by Crippen LogP contribution is 2.22. The van der Waals surface area contributed by atoms with E-state index in [2.05, 4.69) is 25.9 Å². The molecule has 2 rings (SSSR count). The summed E-state index contributed by atoms with van der Waals surface area (Å²) in [6.07, 6.45) is 1.84. The predicted octanol–water partition coefficient (Wildman–Crippen LogP) is 2.75. The molecule has 10 heteroatoms. The number of halogens is 1. The first-order chi connectivity index (χ1) is 11.6. The number of para-hydroxylation sites is 2. The van der Waals surface area contributed by atoms with Crippen molar-refractivity contribution in [2.24, 2.45) is 4.99 Å². The van der Waals surface area contributed by atoms with Gasteiger partial charge in [-0.1, -0.05) is 12.1 Å². The van der Waals surface area contributed by atoms with Gasteiger partial charge in [-0.25, -0.2) is 4.98 Å². The molecule has 0 unspecified atom stereocenters. The van der Waals surface area contributed by atoms with E-state index >= 15 is 0 Å². The van der Waals surface area contributed by atoms with Crippen LogP contribution in [0.1, 0.15) is 9.88 Å². The van der Waals surface area contributed by atoms with Gasteiger partial charge in [0.1, 0.15) is 10.7 Å². The van der Waals surface area contributed by atoms with Gasteiger partial charge >= 0.3 is 0 Å². The zero-order chi connectivity index (χ0) is 17.4. The van der Waals surface area contributed by atoms with Gasteiger partial charge in [0, 0.05) is 37.3 Å². The number of aliphatic imine (C=N–C) groups is 1.